The minimum atomic E-state index is -1.09. The fraction of sp³-hybridized carbons (Fsp3) is 0.167. The summed E-state index contributed by atoms with van der Waals surface area (Å²) >= 11 is 6.01. The van der Waals surface area contributed by atoms with E-state index in [2.05, 4.69) is 15.8 Å². The van der Waals surface area contributed by atoms with E-state index in [9.17, 15) is 9.59 Å². The summed E-state index contributed by atoms with van der Waals surface area (Å²) < 4.78 is 5.02. The number of amides is 2. The molecule has 7 nitrogen and oxygen atoms in total. The largest absolute Gasteiger partial charge is 0.480 e. The highest BCUT2D eigenvalue weighted by atomic mass is 35.5. The van der Waals surface area contributed by atoms with Gasteiger partial charge in [-0.15, -0.1) is 0 Å². The number of benzene rings is 2. The maximum atomic E-state index is 11.8. The lowest BCUT2D eigenvalue weighted by molar-refractivity contribution is -0.139. The molecule has 0 heterocycles. The van der Waals surface area contributed by atoms with Crippen molar-refractivity contribution < 1.29 is 19.4 Å². The molecular weight excluding hydrogens is 358 g/mol. The van der Waals surface area contributed by atoms with E-state index >= 15 is 0 Å². The van der Waals surface area contributed by atoms with Gasteiger partial charge in [0.25, 0.3) is 0 Å². The predicted octanol–water partition coefficient (Wildman–Crippen LogP) is 3.58. The molecule has 0 aliphatic carbocycles. The van der Waals surface area contributed by atoms with E-state index in [1.807, 2.05) is 26.0 Å². The van der Waals surface area contributed by atoms with E-state index in [-0.39, 0.29) is 10.8 Å². The van der Waals surface area contributed by atoms with Crippen LogP contribution in [-0.2, 0) is 4.79 Å². The zero-order valence-corrected chi connectivity index (χ0v) is 15.0. The standard InChI is InChI=1S/C18H18ClN3O4/c1-11-3-5-14(7-12(11)2)21-18(25)22-20-9-13-4-6-16(15(19)8-13)26-10-17(23)24/h3-9H,10H2,1-2H3,(H,23,24)(H2,21,22,25)/b20-9+. The highest BCUT2D eigenvalue weighted by Crippen LogP contribution is 2.24. The van der Waals surface area contributed by atoms with Crippen molar-refractivity contribution in [2.45, 2.75) is 13.8 Å². The Morgan fingerprint density at radius 2 is 1.96 bits per heavy atom. The Morgan fingerprint density at radius 1 is 1.19 bits per heavy atom. The summed E-state index contributed by atoms with van der Waals surface area (Å²) in [7, 11) is 0. The van der Waals surface area contributed by atoms with Gasteiger partial charge in [-0.1, -0.05) is 17.7 Å². The van der Waals surface area contributed by atoms with Crippen LogP contribution in [0.4, 0.5) is 10.5 Å². The molecule has 0 saturated carbocycles. The van der Waals surface area contributed by atoms with E-state index in [0.717, 1.165) is 11.1 Å². The number of rotatable bonds is 6. The number of nitrogens with zero attached hydrogens (tertiary/aromatic N) is 1. The van der Waals surface area contributed by atoms with Crippen molar-refractivity contribution in [3.05, 3.63) is 58.1 Å². The first-order valence-electron chi connectivity index (χ1n) is 7.66. The molecule has 0 fully saturated rings. The van der Waals surface area contributed by atoms with Gasteiger partial charge in [0.15, 0.2) is 6.61 Å². The number of hydrogen-bond acceptors (Lipinski definition) is 4. The van der Waals surface area contributed by atoms with E-state index in [0.29, 0.717) is 11.3 Å². The van der Waals surface area contributed by atoms with Crippen LogP contribution in [0.25, 0.3) is 0 Å². The number of carboxylic acids is 1. The summed E-state index contributed by atoms with van der Waals surface area (Å²) in [4.78, 5) is 22.3. The van der Waals surface area contributed by atoms with Crippen LogP contribution in [0.2, 0.25) is 5.02 Å². The lowest BCUT2D eigenvalue weighted by Gasteiger charge is -2.07. The number of urea groups is 1. The number of aryl methyl sites for hydroxylation is 2. The molecule has 0 aromatic heterocycles. The maximum Gasteiger partial charge on any atom is 0.341 e. The van der Waals surface area contributed by atoms with Gasteiger partial charge >= 0.3 is 12.0 Å². The van der Waals surface area contributed by atoms with Gasteiger partial charge in [-0.3, -0.25) is 0 Å². The van der Waals surface area contributed by atoms with Crippen molar-refractivity contribution in [2.24, 2.45) is 5.10 Å². The number of carbonyl (C=O) groups excluding carboxylic acids is 1. The van der Waals surface area contributed by atoms with Gasteiger partial charge in [0, 0.05) is 5.69 Å². The molecular formula is C18H18ClN3O4. The number of ether oxygens (including phenoxy) is 1. The van der Waals surface area contributed by atoms with Crippen LogP contribution in [0.1, 0.15) is 16.7 Å². The van der Waals surface area contributed by atoms with E-state index < -0.39 is 18.6 Å². The van der Waals surface area contributed by atoms with Crippen molar-refractivity contribution >= 4 is 35.5 Å². The first kappa shape index (κ1) is 19.3. The third-order valence-electron chi connectivity index (χ3n) is 3.45. The lowest BCUT2D eigenvalue weighted by atomic mass is 10.1. The summed E-state index contributed by atoms with van der Waals surface area (Å²) in [5, 5.41) is 15.4. The molecule has 2 aromatic carbocycles. The topological polar surface area (TPSA) is 100 Å². The predicted molar refractivity (Wildman–Crippen MR) is 100 cm³/mol. The molecule has 0 radical (unpaired) electrons. The number of halogens is 1. The Balaban J connectivity index is 1.90. The maximum absolute atomic E-state index is 11.8. The Bertz CT molecular complexity index is 852. The van der Waals surface area contributed by atoms with Crippen LogP contribution < -0.4 is 15.5 Å². The van der Waals surface area contributed by atoms with E-state index in [1.54, 1.807) is 18.2 Å². The minimum Gasteiger partial charge on any atom is -0.480 e. The van der Waals surface area contributed by atoms with Gasteiger partial charge in [0.05, 0.1) is 11.2 Å². The number of nitrogens with one attached hydrogen (secondary N) is 2. The fourth-order valence-electron chi connectivity index (χ4n) is 2.00. The Labute approximate surface area is 155 Å². The van der Waals surface area contributed by atoms with Crippen LogP contribution in [0.5, 0.6) is 5.75 Å². The van der Waals surface area contributed by atoms with Gasteiger partial charge in [0.1, 0.15) is 5.75 Å². The monoisotopic (exact) mass is 375 g/mol. The quantitative estimate of drug-likeness (QED) is 0.530. The average molecular weight is 376 g/mol. The van der Waals surface area contributed by atoms with Gasteiger partial charge < -0.3 is 15.2 Å². The smallest absolute Gasteiger partial charge is 0.341 e. The Kier molecular flexibility index (Phi) is 6.57. The summed E-state index contributed by atoms with van der Waals surface area (Å²) in [6, 6.07) is 9.83. The molecule has 136 valence electrons. The third kappa shape index (κ3) is 5.78. The van der Waals surface area contributed by atoms with Crippen molar-refractivity contribution in [3.63, 3.8) is 0 Å². The van der Waals surface area contributed by atoms with Crippen molar-refractivity contribution in [1.82, 2.24) is 5.43 Å². The SMILES string of the molecule is Cc1ccc(NC(=O)N/N=C/c2ccc(OCC(=O)O)c(Cl)c2)cc1C. The molecule has 3 N–H and O–H groups in total. The Hall–Kier alpha value is -3.06. The molecule has 26 heavy (non-hydrogen) atoms. The summed E-state index contributed by atoms with van der Waals surface area (Å²) in [5.41, 5.74) is 5.86. The highest BCUT2D eigenvalue weighted by molar-refractivity contribution is 6.32. The molecule has 0 bridgehead atoms. The number of aliphatic carboxylic acids is 1. The summed E-state index contributed by atoms with van der Waals surface area (Å²) in [6.07, 6.45) is 1.41. The van der Waals surface area contributed by atoms with Crippen LogP contribution in [-0.4, -0.2) is 29.9 Å². The van der Waals surface area contributed by atoms with Gasteiger partial charge in [-0.25, -0.2) is 15.0 Å². The molecule has 8 heteroatoms. The second kappa shape index (κ2) is 8.87. The molecule has 0 unspecified atom stereocenters. The third-order valence-corrected chi connectivity index (χ3v) is 3.75. The molecule has 2 amide bonds. The summed E-state index contributed by atoms with van der Waals surface area (Å²) in [6.45, 7) is 3.48. The second-order valence-corrected chi connectivity index (χ2v) is 5.90. The molecule has 0 saturated heterocycles. The van der Waals surface area contributed by atoms with E-state index in [4.69, 9.17) is 21.4 Å². The molecule has 2 rings (SSSR count). The van der Waals surface area contributed by atoms with Crippen molar-refractivity contribution in [3.8, 4) is 5.75 Å². The van der Waals surface area contributed by atoms with Crippen molar-refractivity contribution in [2.75, 3.05) is 11.9 Å². The minimum absolute atomic E-state index is 0.245. The molecule has 0 aliphatic rings. The average Bonchev–Trinajstić information content (AvgIpc) is 2.57. The van der Waals surface area contributed by atoms with Gasteiger partial charge in [0.2, 0.25) is 0 Å². The second-order valence-electron chi connectivity index (χ2n) is 5.50. The molecule has 0 atom stereocenters. The fourth-order valence-corrected chi connectivity index (χ4v) is 2.24. The van der Waals surface area contributed by atoms with Gasteiger partial charge in [-0.2, -0.15) is 5.10 Å². The number of hydrazone groups is 1. The van der Waals surface area contributed by atoms with Crippen LogP contribution >= 0.6 is 11.6 Å². The zero-order chi connectivity index (χ0) is 19.1. The molecule has 0 aliphatic heterocycles. The summed E-state index contributed by atoms with van der Waals surface area (Å²) in [5.74, 6) is -0.836. The van der Waals surface area contributed by atoms with Crippen LogP contribution in [0.3, 0.4) is 0 Å². The van der Waals surface area contributed by atoms with Gasteiger partial charge in [-0.05, 0) is 60.9 Å². The molecule has 2 aromatic rings. The first-order valence-corrected chi connectivity index (χ1v) is 8.04. The molecule has 0 spiro atoms. The number of anilines is 1. The van der Waals surface area contributed by atoms with E-state index in [1.165, 1.54) is 12.3 Å². The normalized spacial score (nSPS) is 10.6. The van der Waals surface area contributed by atoms with Crippen LogP contribution in [0.15, 0.2) is 41.5 Å². The lowest BCUT2D eigenvalue weighted by Crippen LogP contribution is -2.24. The first-order chi connectivity index (χ1) is 12.3. The number of carbonyl (C=O) groups is 2. The van der Waals surface area contributed by atoms with Crippen molar-refractivity contribution in [1.29, 1.82) is 0 Å². The zero-order valence-electron chi connectivity index (χ0n) is 14.2. The number of hydrogen-bond donors (Lipinski definition) is 3. The van der Waals surface area contributed by atoms with Crippen LogP contribution in [0, 0.1) is 13.8 Å². The highest BCUT2D eigenvalue weighted by Gasteiger charge is 2.05. The Morgan fingerprint density at radius 3 is 2.62 bits per heavy atom. The number of carboxylic acid groups (broad SMARTS) is 1.